The molecule has 0 bridgehead atoms. The van der Waals surface area contributed by atoms with Gasteiger partial charge in [-0.1, -0.05) is 6.92 Å². The van der Waals surface area contributed by atoms with Crippen LogP contribution in [0.2, 0.25) is 0 Å². The Morgan fingerprint density at radius 1 is 1.23 bits per heavy atom. The smallest absolute Gasteiger partial charge is 0.276 e. The van der Waals surface area contributed by atoms with Crippen molar-refractivity contribution in [3.8, 4) is 0 Å². The molecule has 1 atom stereocenters. The number of rotatable bonds is 6. The number of nitrogens with one attached hydrogen (secondary N) is 3. The molecule has 7 heteroatoms. The number of anilines is 1. The third-order valence-corrected chi connectivity index (χ3v) is 4.43. The number of nitrogens with zero attached hydrogens (tertiary/aromatic N) is 2. The van der Waals surface area contributed by atoms with Crippen LogP contribution in [-0.2, 0) is 0 Å². The molecule has 1 aliphatic rings. The van der Waals surface area contributed by atoms with Gasteiger partial charge in [0.15, 0.2) is 5.69 Å². The molecule has 138 valence electrons. The van der Waals surface area contributed by atoms with Crippen molar-refractivity contribution in [2.75, 3.05) is 25.0 Å². The molecule has 1 aliphatic heterocycles. The fraction of sp³-hybridized carbons (Fsp3) is 0.421. The highest BCUT2D eigenvalue weighted by molar-refractivity contribution is 6.03. The van der Waals surface area contributed by atoms with Crippen LogP contribution in [0.5, 0.6) is 0 Å². The second-order valence-corrected chi connectivity index (χ2v) is 6.47. The molecule has 1 saturated heterocycles. The molecule has 26 heavy (non-hydrogen) atoms. The lowest BCUT2D eigenvalue weighted by Crippen LogP contribution is -2.32. The van der Waals surface area contributed by atoms with E-state index < -0.39 is 0 Å². The fourth-order valence-corrected chi connectivity index (χ4v) is 2.96. The van der Waals surface area contributed by atoms with E-state index in [0.29, 0.717) is 29.5 Å². The first-order chi connectivity index (χ1) is 12.7. The predicted octanol–water partition coefficient (Wildman–Crippen LogP) is 2.20. The molecular weight excluding hydrogens is 330 g/mol. The Bertz CT molecular complexity index is 748. The minimum atomic E-state index is -0.254. The summed E-state index contributed by atoms with van der Waals surface area (Å²) in [5.41, 5.74) is 1.60. The highest BCUT2D eigenvalue weighted by Crippen LogP contribution is 2.16. The van der Waals surface area contributed by atoms with Gasteiger partial charge in [0.25, 0.3) is 11.8 Å². The lowest BCUT2D eigenvalue weighted by atomic mass is 10.1. The number of piperidine rings is 1. The van der Waals surface area contributed by atoms with E-state index in [1.165, 1.54) is 0 Å². The molecule has 0 spiro atoms. The van der Waals surface area contributed by atoms with Crippen molar-refractivity contribution < 1.29 is 9.59 Å². The SMILES string of the molecule is CCCNC(=O)c1ccc(NC(=O)c2ccn(C3CCCNC3)n2)cc1. The van der Waals surface area contributed by atoms with E-state index in [0.717, 1.165) is 32.4 Å². The van der Waals surface area contributed by atoms with Crippen molar-refractivity contribution in [2.24, 2.45) is 0 Å². The summed E-state index contributed by atoms with van der Waals surface area (Å²) >= 11 is 0. The van der Waals surface area contributed by atoms with Crippen LogP contribution in [0.25, 0.3) is 0 Å². The number of benzene rings is 1. The summed E-state index contributed by atoms with van der Waals surface area (Å²) in [4.78, 5) is 24.3. The lowest BCUT2D eigenvalue weighted by molar-refractivity contribution is 0.0953. The van der Waals surface area contributed by atoms with E-state index >= 15 is 0 Å². The average Bonchev–Trinajstić information content (AvgIpc) is 3.18. The van der Waals surface area contributed by atoms with Crippen LogP contribution in [0.3, 0.4) is 0 Å². The maximum absolute atomic E-state index is 12.4. The maximum Gasteiger partial charge on any atom is 0.276 e. The summed E-state index contributed by atoms with van der Waals surface area (Å²) in [6, 6.07) is 8.88. The zero-order chi connectivity index (χ0) is 18.4. The molecule has 0 radical (unpaired) electrons. The number of carbonyl (C=O) groups is 2. The normalized spacial score (nSPS) is 16.9. The molecule has 3 N–H and O–H groups in total. The molecule has 7 nitrogen and oxygen atoms in total. The Hall–Kier alpha value is -2.67. The van der Waals surface area contributed by atoms with Crippen LogP contribution < -0.4 is 16.0 Å². The summed E-state index contributed by atoms with van der Waals surface area (Å²) in [7, 11) is 0. The largest absolute Gasteiger partial charge is 0.352 e. The average molecular weight is 355 g/mol. The second-order valence-electron chi connectivity index (χ2n) is 6.47. The van der Waals surface area contributed by atoms with Gasteiger partial charge in [-0.3, -0.25) is 14.3 Å². The molecule has 2 aromatic rings. The molecular formula is C19H25N5O2. The second kappa shape index (κ2) is 8.62. The third kappa shape index (κ3) is 4.49. The van der Waals surface area contributed by atoms with E-state index in [1.54, 1.807) is 30.3 Å². The number of aromatic nitrogens is 2. The summed E-state index contributed by atoms with van der Waals surface area (Å²) in [5, 5.41) is 13.4. The Balaban J connectivity index is 1.59. The van der Waals surface area contributed by atoms with Crippen molar-refractivity contribution in [1.82, 2.24) is 20.4 Å². The van der Waals surface area contributed by atoms with Crippen LogP contribution in [0.15, 0.2) is 36.5 Å². The van der Waals surface area contributed by atoms with Crippen LogP contribution in [0.4, 0.5) is 5.69 Å². The van der Waals surface area contributed by atoms with Gasteiger partial charge in [-0.05, 0) is 56.1 Å². The topological polar surface area (TPSA) is 88.0 Å². The minimum absolute atomic E-state index is 0.107. The summed E-state index contributed by atoms with van der Waals surface area (Å²) in [6.07, 6.45) is 4.93. The van der Waals surface area contributed by atoms with Crippen molar-refractivity contribution in [2.45, 2.75) is 32.2 Å². The van der Waals surface area contributed by atoms with Gasteiger partial charge in [-0.25, -0.2) is 0 Å². The van der Waals surface area contributed by atoms with Gasteiger partial charge >= 0.3 is 0 Å². The molecule has 0 saturated carbocycles. The zero-order valence-electron chi connectivity index (χ0n) is 15.0. The van der Waals surface area contributed by atoms with Crippen LogP contribution in [0.1, 0.15) is 53.1 Å². The van der Waals surface area contributed by atoms with E-state index in [9.17, 15) is 9.59 Å². The van der Waals surface area contributed by atoms with E-state index in [4.69, 9.17) is 0 Å². The lowest BCUT2D eigenvalue weighted by Gasteiger charge is -2.22. The van der Waals surface area contributed by atoms with Gasteiger partial charge in [-0.2, -0.15) is 5.10 Å². The minimum Gasteiger partial charge on any atom is -0.352 e. The summed E-state index contributed by atoms with van der Waals surface area (Å²) in [5.74, 6) is -0.361. The number of amides is 2. The van der Waals surface area contributed by atoms with E-state index in [-0.39, 0.29) is 11.8 Å². The maximum atomic E-state index is 12.4. The highest BCUT2D eigenvalue weighted by atomic mass is 16.2. The monoisotopic (exact) mass is 355 g/mol. The summed E-state index contributed by atoms with van der Waals surface area (Å²) in [6.45, 7) is 4.57. The molecule has 1 aromatic carbocycles. The molecule has 1 aromatic heterocycles. The molecule has 2 amide bonds. The first-order valence-electron chi connectivity index (χ1n) is 9.13. The molecule has 0 aliphatic carbocycles. The zero-order valence-corrected chi connectivity index (χ0v) is 15.0. The Morgan fingerprint density at radius 3 is 2.73 bits per heavy atom. The van der Waals surface area contributed by atoms with Gasteiger partial charge in [0.2, 0.25) is 0 Å². The molecule has 1 unspecified atom stereocenters. The number of carbonyl (C=O) groups excluding carboxylic acids is 2. The fourth-order valence-electron chi connectivity index (χ4n) is 2.96. The van der Waals surface area contributed by atoms with Crippen molar-refractivity contribution in [1.29, 1.82) is 0 Å². The Labute approximate surface area is 153 Å². The third-order valence-electron chi connectivity index (χ3n) is 4.43. The predicted molar refractivity (Wildman–Crippen MR) is 100 cm³/mol. The molecule has 1 fully saturated rings. The first-order valence-corrected chi connectivity index (χ1v) is 9.13. The van der Waals surface area contributed by atoms with Crippen LogP contribution >= 0.6 is 0 Å². The van der Waals surface area contributed by atoms with Crippen molar-refractivity contribution in [3.05, 3.63) is 47.8 Å². The van der Waals surface area contributed by atoms with E-state index in [2.05, 4.69) is 21.0 Å². The number of hydrogen-bond acceptors (Lipinski definition) is 4. The quantitative estimate of drug-likeness (QED) is 0.741. The summed E-state index contributed by atoms with van der Waals surface area (Å²) < 4.78 is 1.86. The van der Waals surface area contributed by atoms with Crippen molar-refractivity contribution in [3.63, 3.8) is 0 Å². The van der Waals surface area contributed by atoms with Gasteiger partial charge in [0.1, 0.15) is 0 Å². The number of hydrogen-bond donors (Lipinski definition) is 3. The van der Waals surface area contributed by atoms with Gasteiger partial charge < -0.3 is 16.0 Å². The van der Waals surface area contributed by atoms with Crippen molar-refractivity contribution >= 4 is 17.5 Å². The van der Waals surface area contributed by atoms with Crippen LogP contribution in [-0.4, -0.2) is 41.2 Å². The molecule has 3 rings (SSSR count). The van der Waals surface area contributed by atoms with Gasteiger partial charge in [-0.15, -0.1) is 0 Å². The van der Waals surface area contributed by atoms with Gasteiger partial charge in [0.05, 0.1) is 6.04 Å². The standard InChI is InChI=1S/C19H25N5O2/c1-2-10-21-18(25)14-5-7-15(8-6-14)22-19(26)17-9-12-24(23-17)16-4-3-11-20-13-16/h5-9,12,16,20H,2-4,10-11,13H2,1H3,(H,21,25)(H,22,26). The molecule has 2 heterocycles. The van der Waals surface area contributed by atoms with E-state index in [1.807, 2.05) is 17.8 Å². The highest BCUT2D eigenvalue weighted by Gasteiger charge is 2.17. The Morgan fingerprint density at radius 2 is 2.04 bits per heavy atom. The first kappa shape index (κ1) is 18.1. The van der Waals surface area contributed by atoms with Gasteiger partial charge in [0, 0.05) is 30.5 Å². The van der Waals surface area contributed by atoms with Crippen LogP contribution in [0, 0.1) is 0 Å². The Kier molecular flexibility index (Phi) is 6.01.